The van der Waals surface area contributed by atoms with Gasteiger partial charge >= 0.3 is 19.8 Å². The smallest absolute Gasteiger partial charge is 0.472 e. The maximum atomic E-state index is 12.4. The number of ether oxygens (including phenoxy) is 1. The summed E-state index contributed by atoms with van der Waals surface area (Å²) in [5.74, 6) is -2.36. The fourth-order valence-electron chi connectivity index (χ4n) is 7.82. The van der Waals surface area contributed by atoms with E-state index in [0.717, 1.165) is 51.4 Å². The highest BCUT2D eigenvalue weighted by atomic mass is 31.2. The fraction of sp³-hybridized carbons (Fsp3) is 0.868. The van der Waals surface area contributed by atoms with Crippen LogP contribution >= 0.6 is 7.82 Å². The zero-order valence-corrected chi connectivity index (χ0v) is 42.7. The van der Waals surface area contributed by atoms with Crippen molar-refractivity contribution in [2.75, 3.05) is 19.8 Å². The summed E-state index contributed by atoms with van der Waals surface area (Å²) < 4.78 is 27.0. The number of esters is 1. The Morgan fingerprint density at radius 2 is 0.846 bits per heavy atom. The van der Waals surface area contributed by atoms with Crippen molar-refractivity contribution in [3.05, 3.63) is 24.3 Å². The number of amides is 1. The average molecular weight is 942 g/mol. The molecule has 0 aromatic rings. The molecular formula is C53H100NO10P. The quantitative estimate of drug-likeness (QED) is 0.0199. The third-order valence-electron chi connectivity index (χ3n) is 12.0. The molecular weight excluding hydrogens is 842 g/mol. The first-order valence-electron chi connectivity index (χ1n) is 26.9. The monoisotopic (exact) mass is 942 g/mol. The van der Waals surface area contributed by atoms with Gasteiger partial charge in [0, 0.05) is 12.8 Å². The topological polar surface area (TPSA) is 169 Å². The molecule has 382 valence electrons. The predicted molar refractivity (Wildman–Crippen MR) is 268 cm³/mol. The first kappa shape index (κ1) is 63.0. The molecule has 0 heterocycles. The number of hydrogen-bond donors (Lipinski definition) is 4. The molecule has 0 bridgehead atoms. The van der Waals surface area contributed by atoms with E-state index < -0.39 is 57.6 Å². The summed E-state index contributed by atoms with van der Waals surface area (Å²) in [6.45, 7) is 2.62. The van der Waals surface area contributed by atoms with Crippen LogP contribution in [0.3, 0.4) is 0 Å². The number of carboxylic acid groups (broad SMARTS) is 1. The SMILES string of the molecule is CCCCCC/C=C\C/C=C\CCCCCCCCCC(=O)OCC(O)COP(=O)(O)OCC(NC(=O)CCCCCCCCCCCCCCCCCCCCCCCCC)C(=O)O. The molecule has 0 spiro atoms. The van der Waals surface area contributed by atoms with E-state index in [0.29, 0.717) is 12.8 Å². The zero-order chi connectivity index (χ0) is 47.7. The van der Waals surface area contributed by atoms with Gasteiger partial charge in [0.15, 0.2) is 6.04 Å². The number of nitrogens with one attached hydrogen (secondary N) is 1. The highest BCUT2D eigenvalue weighted by molar-refractivity contribution is 7.47. The fourth-order valence-corrected chi connectivity index (χ4v) is 8.59. The lowest BCUT2D eigenvalue weighted by Crippen LogP contribution is -2.43. The van der Waals surface area contributed by atoms with E-state index in [4.69, 9.17) is 13.8 Å². The number of phosphoric ester groups is 1. The van der Waals surface area contributed by atoms with Gasteiger partial charge in [-0.05, 0) is 44.9 Å². The molecule has 1 amide bonds. The van der Waals surface area contributed by atoms with E-state index in [2.05, 4.69) is 43.5 Å². The summed E-state index contributed by atoms with van der Waals surface area (Å²) in [4.78, 5) is 46.2. The van der Waals surface area contributed by atoms with Crippen LogP contribution in [0.1, 0.15) is 264 Å². The summed E-state index contributed by atoms with van der Waals surface area (Å²) in [6.07, 6.45) is 53.4. The lowest BCUT2D eigenvalue weighted by molar-refractivity contribution is -0.147. The van der Waals surface area contributed by atoms with E-state index in [1.807, 2.05) is 0 Å². The predicted octanol–water partition coefficient (Wildman–Crippen LogP) is 15.0. The third kappa shape index (κ3) is 48.2. The van der Waals surface area contributed by atoms with Crippen molar-refractivity contribution in [3.63, 3.8) is 0 Å². The minimum atomic E-state index is -4.76. The van der Waals surface area contributed by atoms with Crippen molar-refractivity contribution in [3.8, 4) is 0 Å². The van der Waals surface area contributed by atoms with E-state index in [1.54, 1.807) is 0 Å². The highest BCUT2D eigenvalue weighted by Gasteiger charge is 2.28. The second kappa shape index (κ2) is 48.4. The van der Waals surface area contributed by atoms with Crippen LogP contribution in [0, 0.1) is 0 Å². The van der Waals surface area contributed by atoms with Gasteiger partial charge in [-0.25, -0.2) is 9.36 Å². The molecule has 0 saturated heterocycles. The van der Waals surface area contributed by atoms with Crippen LogP contribution in [0.5, 0.6) is 0 Å². The van der Waals surface area contributed by atoms with Crippen molar-refractivity contribution in [1.29, 1.82) is 0 Å². The number of carboxylic acids is 1. The van der Waals surface area contributed by atoms with Crippen molar-refractivity contribution < 1.29 is 47.8 Å². The van der Waals surface area contributed by atoms with Crippen LogP contribution in [0.4, 0.5) is 0 Å². The number of aliphatic carboxylic acids is 1. The summed E-state index contributed by atoms with van der Waals surface area (Å²) in [7, 11) is -4.76. The Kier molecular flexibility index (Phi) is 46.9. The van der Waals surface area contributed by atoms with Gasteiger partial charge in [0.25, 0.3) is 0 Å². The van der Waals surface area contributed by atoms with Crippen LogP contribution in [-0.4, -0.2) is 64.9 Å². The van der Waals surface area contributed by atoms with E-state index in [9.17, 15) is 34.1 Å². The van der Waals surface area contributed by atoms with Crippen molar-refractivity contribution in [1.82, 2.24) is 5.32 Å². The molecule has 0 fully saturated rings. The number of aliphatic hydroxyl groups excluding tert-OH is 1. The number of carbonyl (C=O) groups is 3. The van der Waals surface area contributed by atoms with E-state index in [1.165, 1.54) is 173 Å². The maximum absolute atomic E-state index is 12.4. The first-order valence-corrected chi connectivity index (χ1v) is 28.4. The number of rotatable bonds is 51. The van der Waals surface area contributed by atoms with Crippen molar-refractivity contribution in [2.45, 2.75) is 276 Å². The molecule has 0 aromatic carbocycles. The van der Waals surface area contributed by atoms with Crippen LogP contribution in [0.15, 0.2) is 24.3 Å². The second-order valence-corrected chi connectivity index (χ2v) is 19.9. The lowest BCUT2D eigenvalue weighted by atomic mass is 10.0. The number of aliphatic hydroxyl groups is 1. The molecule has 3 unspecified atom stereocenters. The van der Waals surface area contributed by atoms with E-state index >= 15 is 0 Å². The van der Waals surface area contributed by atoms with Crippen molar-refractivity contribution in [2.24, 2.45) is 0 Å². The van der Waals surface area contributed by atoms with Crippen LogP contribution in [0.25, 0.3) is 0 Å². The number of hydrogen-bond acceptors (Lipinski definition) is 8. The molecule has 3 atom stereocenters. The average Bonchev–Trinajstić information content (AvgIpc) is 3.28. The summed E-state index contributed by atoms with van der Waals surface area (Å²) >= 11 is 0. The van der Waals surface area contributed by atoms with Gasteiger partial charge in [-0.3, -0.25) is 18.6 Å². The van der Waals surface area contributed by atoms with Crippen LogP contribution < -0.4 is 5.32 Å². The third-order valence-corrected chi connectivity index (χ3v) is 12.9. The zero-order valence-electron chi connectivity index (χ0n) is 41.8. The Morgan fingerprint density at radius 3 is 1.26 bits per heavy atom. The molecule has 0 saturated carbocycles. The number of carbonyl (C=O) groups excluding carboxylic acids is 2. The molecule has 11 nitrogen and oxygen atoms in total. The molecule has 0 rings (SSSR count). The first-order chi connectivity index (χ1) is 31.6. The second-order valence-electron chi connectivity index (χ2n) is 18.4. The Bertz CT molecular complexity index is 1200. The van der Waals surface area contributed by atoms with Gasteiger partial charge in [0.2, 0.25) is 5.91 Å². The molecule has 0 aromatic heterocycles. The molecule has 0 radical (unpaired) electrons. The van der Waals surface area contributed by atoms with Crippen LogP contribution in [0.2, 0.25) is 0 Å². The molecule has 0 aliphatic carbocycles. The Morgan fingerprint density at radius 1 is 0.492 bits per heavy atom. The maximum Gasteiger partial charge on any atom is 0.472 e. The van der Waals surface area contributed by atoms with Gasteiger partial charge in [-0.1, -0.05) is 231 Å². The van der Waals surface area contributed by atoms with Gasteiger partial charge in [-0.15, -0.1) is 0 Å². The van der Waals surface area contributed by atoms with Gasteiger partial charge in [0.05, 0.1) is 13.2 Å². The Hall–Kier alpha value is -2.04. The highest BCUT2D eigenvalue weighted by Crippen LogP contribution is 2.43. The molecule has 0 aliphatic rings. The summed E-state index contributed by atoms with van der Waals surface area (Å²) in [5, 5.41) is 21.9. The number of phosphoric acid groups is 1. The van der Waals surface area contributed by atoms with Crippen molar-refractivity contribution >= 4 is 25.7 Å². The lowest BCUT2D eigenvalue weighted by Gasteiger charge is -2.18. The number of allylic oxidation sites excluding steroid dienone is 4. The summed E-state index contributed by atoms with van der Waals surface area (Å²) in [6, 6.07) is -1.54. The van der Waals surface area contributed by atoms with Gasteiger partial charge in [-0.2, -0.15) is 0 Å². The molecule has 4 N–H and O–H groups in total. The largest absolute Gasteiger partial charge is 0.480 e. The standard InChI is InChI=1S/C53H100NO10P/c1-3-5-7-9-11-13-15-17-19-21-23-24-25-26-27-28-30-32-34-36-38-40-42-44-51(56)54-50(53(58)59)48-64-65(60,61)63-47-49(55)46-62-52(57)45-43-41-39-37-35-33-31-29-22-20-18-16-14-12-10-8-6-4-2/h14,16,20,22,49-50,55H,3-13,15,17-19,21,23-48H2,1-2H3,(H,54,56)(H,58,59)(H,60,61)/b16-14-,22-20-. The summed E-state index contributed by atoms with van der Waals surface area (Å²) in [5.41, 5.74) is 0. The van der Waals surface area contributed by atoms with Gasteiger partial charge in [0.1, 0.15) is 12.7 Å². The van der Waals surface area contributed by atoms with E-state index in [-0.39, 0.29) is 12.8 Å². The minimum Gasteiger partial charge on any atom is -0.480 e. The normalized spacial score (nSPS) is 13.7. The number of unbranched alkanes of at least 4 members (excludes halogenated alkanes) is 33. The Balaban J connectivity index is 3.79. The minimum absolute atomic E-state index is 0.150. The van der Waals surface area contributed by atoms with Crippen LogP contribution in [-0.2, 0) is 32.7 Å². The molecule has 65 heavy (non-hydrogen) atoms. The van der Waals surface area contributed by atoms with Gasteiger partial charge < -0.3 is 25.2 Å². The Labute approximate surface area is 398 Å². The molecule has 0 aliphatic heterocycles. The molecule has 12 heteroatoms.